The van der Waals surface area contributed by atoms with E-state index < -0.39 is 5.54 Å². The van der Waals surface area contributed by atoms with E-state index in [1.165, 1.54) is 0 Å². The van der Waals surface area contributed by atoms with Crippen molar-refractivity contribution in [2.75, 3.05) is 26.7 Å². The molecule has 1 amide bonds. The van der Waals surface area contributed by atoms with Gasteiger partial charge in [0, 0.05) is 32.0 Å². The fraction of sp³-hybridized carbons (Fsp3) is 0.933. The number of carbonyl (C=O) groups is 1. The molecule has 0 aliphatic heterocycles. The lowest BCUT2D eigenvalue weighted by Gasteiger charge is -2.58. The number of carbonyl (C=O) groups excluding carboxylic acids is 1. The highest BCUT2D eigenvalue weighted by Crippen LogP contribution is 2.50. The van der Waals surface area contributed by atoms with Crippen molar-refractivity contribution >= 4 is 5.91 Å². The molecule has 0 aromatic rings. The van der Waals surface area contributed by atoms with Crippen molar-refractivity contribution in [1.29, 1.82) is 0 Å². The molecule has 118 valence electrons. The van der Waals surface area contributed by atoms with Crippen LogP contribution >= 0.6 is 0 Å². The Hall–Kier alpha value is -0.650. The average Bonchev–Trinajstić information content (AvgIpc) is 2.36. The number of amides is 1. The van der Waals surface area contributed by atoms with Gasteiger partial charge in [0.1, 0.15) is 5.54 Å². The summed E-state index contributed by atoms with van der Waals surface area (Å²) in [7, 11) is 1.80. The van der Waals surface area contributed by atoms with Crippen LogP contribution in [0.15, 0.2) is 0 Å². The Morgan fingerprint density at radius 2 is 2.00 bits per heavy atom. The molecule has 0 radical (unpaired) electrons. The summed E-state index contributed by atoms with van der Waals surface area (Å²) in [5.74, 6) is -0.0139. The maximum atomic E-state index is 12.7. The zero-order valence-corrected chi connectivity index (χ0v) is 13.8. The van der Waals surface area contributed by atoms with Gasteiger partial charge < -0.3 is 21.1 Å². The van der Waals surface area contributed by atoms with E-state index in [9.17, 15) is 4.79 Å². The second-order valence-electron chi connectivity index (χ2n) is 7.37. The van der Waals surface area contributed by atoms with Crippen LogP contribution < -0.4 is 11.5 Å². The van der Waals surface area contributed by atoms with Gasteiger partial charge in [0.2, 0.25) is 5.91 Å². The van der Waals surface area contributed by atoms with Gasteiger partial charge in [0.15, 0.2) is 0 Å². The van der Waals surface area contributed by atoms with Crippen LogP contribution in [-0.2, 0) is 9.53 Å². The minimum absolute atomic E-state index is 0.0139. The normalized spacial score (nSPS) is 28.9. The van der Waals surface area contributed by atoms with Crippen LogP contribution in [0.3, 0.4) is 0 Å². The third kappa shape index (κ3) is 2.85. The van der Waals surface area contributed by atoms with Crippen molar-refractivity contribution in [2.24, 2.45) is 22.3 Å². The number of nitrogens with two attached hydrogens (primary N) is 2. The second-order valence-corrected chi connectivity index (χ2v) is 7.37. The van der Waals surface area contributed by atoms with Crippen molar-refractivity contribution < 1.29 is 9.53 Å². The van der Waals surface area contributed by atoms with E-state index in [1.54, 1.807) is 11.9 Å². The van der Waals surface area contributed by atoms with Gasteiger partial charge in [-0.3, -0.25) is 4.79 Å². The molecule has 1 aliphatic carbocycles. The Labute approximate surface area is 123 Å². The Bertz CT molecular complexity index is 368. The summed E-state index contributed by atoms with van der Waals surface area (Å²) >= 11 is 0. The third-order valence-electron chi connectivity index (χ3n) is 4.78. The van der Waals surface area contributed by atoms with Gasteiger partial charge in [0.25, 0.3) is 0 Å². The summed E-state index contributed by atoms with van der Waals surface area (Å²) in [6, 6.07) is 0. The van der Waals surface area contributed by atoms with E-state index in [2.05, 4.69) is 13.8 Å². The smallest absolute Gasteiger partial charge is 0.243 e. The zero-order chi connectivity index (χ0) is 15.8. The van der Waals surface area contributed by atoms with Gasteiger partial charge in [-0.1, -0.05) is 27.7 Å². The van der Waals surface area contributed by atoms with Gasteiger partial charge in [0.05, 0.1) is 6.10 Å². The summed E-state index contributed by atoms with van der Waals surface area (Å²) in [4.78, 5) is 14.4. The van der Waals surface area contributed by atoms with Crippen LogP contribution in [-0.4, -0.2) is 49.2 Å². The number of likely N-dealkylation sites (N-methyl/N-ethyl adjacent to an activating group) is 1. The highest BCUT2D eigenvalue weighted by Gasteiger charge is 2.63. The van der Waals surface area contributed by atoms with Crippen LogP contribution in [0.25, 0.3) is 0 Å². The van der Waals surface area contributed by atoms with E-state index in [0.29, 0.717) is 26.1 Å². The molecule has 1 fully saturated rings. The minimum Gasteiger partial charge on any atom is -0.378 e. The molecule has 0 aromatic carbocycles. The second kappa shape index (κ2) is 5.62. The predicted molar refractivity (Wildman–Crippen MR) is 81.2 cm³/mol. The highest BCUT2D eigenvalue weighted by molar-refractivity contribution is 5.88. The zero-order valence-electron chi connectivity index (χ0n) is 13.8. The van der Waals surface area contributed by atoms with Crippen LogP contribution in [0.5, 0.6) is 0 Å². The summed E-state index contributed by atoms with van der Waals surface area (Å²) < 4.78 is 5.67. The maximum Gasteiger partial charge on any atom is 0.243 e. The Balaban J connectivity index is 2.77. The van der Waals surface area contributed by atoms with E-state index >= 15 is 0 Å². The van der Waals surface area contributed by atoms with Crippen LogP contribution in [0, 0.1) is 10.8 Å². The first kappa shape index (κ1) is 17.4. The Kier molecular flexibility index (Phi) is 4.89. The van der Waals surface area contributed by atoms with Crippen LogP contribution in [0.2, 0.25) is 0 Å². The number of nitrogens with zero attached hydrogens (tertiary/aromatic N) is 1. The van der Waals surface area contributed by atoms with Gasteiger partial charge in [-0.15, -0.1) is 0 Å². The lowest BCUT2D eigenvalue weighted by Crippen LogP contribution is -2.76. The van der Waals surface area contributed by atoms with E-state index in [4.69, 9.17) is 16.2 Å². The summed E-state index contributed by atoms with van der Waals surface area (Å²) in [5.41, 5.74) is 10.8. The number of hydrogen-bond donors (Lipinski definition) is 2. The molecule has 1 aliphatic rings. The van der Waals surface area contributed by atoms with Crippen molar-refractivity contribution in [1.82, 2.24) is 4.90 Å². The molecule has 1 saturated carbocycles. The van der Waals surface area contributed by atoms with Gasteiger partial charge in [-0.05, 0) is 18.9 Å². The molecular weight excluding hydrogens is 254 g/mol. The molecule has 5 nitrogen and oxygen atoms in total. The van der Waals surface area contributed by atoms with Crippen molar-refractivity contribution in [2.45, 2.75) is 52.7 Å². The minimum atomic E-state index is -0.841. The average molecular weight is 285 g/mol. The quantitative estimate of drug-likeness (QED) is 0.761. The summed E-state index contributed by atoms with van der Waals surface area (Å²) in [6.07, 6.45) is 0.637. The van der Waals surface area contributed by atoms with Crippen LogP contribution in [0.4, 0.5) is 0 Å². The van der Waals surface area contributed by atoms with Gasteiger partial charge in [-0.25, -0.2) is 0 Å². The first-order valence-electron chi connectivity index (χ1n) is 7.38. The fourth-order valence-electron chi connectivity index (χ4n) is 2.92. The highest BCUT2D eigenvalue weighted by atomic mass is 16.5. The monoisotopic (exact) mass is 285 g/mol. The van der Waals surface area contributed by atoms with Crippen molar-refractivity contribution in [3.05, 3.63) is 0 Å². The molecular formula is C15H31N3O2. The fourth-order valence-corrected chi connectivity index (χ4v) is 2.92. The third-order valence-corrected chi connectivity index (χ3v) is 4.78. The number of ether oxygens (including phenoxy) is 1. The molecule has 0 heterocycles. The first-order valence-corrected chi connectivity index (χ1v) is 7.38. The molecule has 4 N–H and O–H groups in total. The molecule has 0 saturated heterocycles. The largest absolute Gasteiger partial charge is 0.378 e. The van der Waals surface area contributed by atoms with E-state index in [-0.39, 0.29) is 22.8 Å². The predicted octanol–water partition coefficient (Wildman–Crippen LogP) is 0.962. The van der Waals surface area contributed by atoms with E-state index in [0.717, 1.165) is 0 Å². The SMILES string of the molecule is CCOC1CC(N)(C(=O)N(C)CC(C)(C)CN)C1(C)C. The van der Waals surface area contributed by atoms with Crippen molar-refractivity contribution in [3.8, 4) is 0 Å². The molecule has 5 heteroatoms. The topological polar surface area (TPSA) is 81.6 Å². The van der Waals surface area contributed by atoms with Crippen LogP contribution in [0.1, 0.15) is 41.0 Å². The van der Waals surface area contributed by atoms with E-state index in [1.807, 2.05) is 20.8 Å². The summed E-state index contributed by atoms with van der Waals surface area (Å²) in [5, 5.41) is 0. The summed E-state index contributed by atoms with van der Waals surface area (Å²) in [6.45, 7) is 11.9. The molecule has 20 heavy (non-hydrogen) atoms. The van der Waals surface area contributed by atoms with Gasteiger partial charge in [-0.2, -0.15) is 0 Å². The lowest BCUT2D eigenvalue weighted by molar-refractivity contribution is -0.179. The Morgan fingerprint density at radius 1 is 1.45 bits per heavy atom. The maximum absolute atomic E-state index is 12.7. The molecule has 2 unspecified atom stereocenters. The molecule has 0 aromatic heterocycles. The molecule has 0 bridgehead atoms. The number of rotatable bonds is 6. The van der Waals surface area contributed by atoms with Crippen molar-refractivity contribution in [3.63, 3.8) is 0 Å². The molecule has 0 spiro atoms. The lowest BCUT2D eigenvalue weighted by atomic mass is 9.54. The molecule has 2 atom stereocenters. The standard InChI is InChI=1S/C15H31N3O2/c1-7-20-11-8-15(17,14(11,4)5)12(19)18(6)10-13(2,3)9-16/h11H,7-10,16-17H2,1-6H3. The number of hydrogen-bond acceptors (Lipinski definition) is 4. The van der Waals surface area contributed by atoms with Gasteiger partial charge >= 0.3 is 0 Å². The molecule has 1 rings (SSSR count). The Morgan fingerprint density at radius 3 is 2.40 bits per heavy atom. The first-order chi connectivity index (χ1) is 9.02.